The molecule has 0 radical (unpaired) electrons. The molecule has 0 bridgehead atoms. The van der Waals surface area contributed by atoms with E-state index in [2.05, 4.69) is 32.5 Å². The summed E-state index contributed by atoms with van der Waals surface area (Å²) in [5, 5.41) is 7.57. The van der Waals surface area contributed by atoms with E-state index in [-0.39, 0.29) is 0 Å². The monoisotopic (exact) mass is 308 g/mol. The van der Waals surface area contributed by atoms with Gasteiger partial charge in [0.15, 0.2) is 11.6 Å². The number of anilines is 4. The van der Waals surface area contributed by atoms with Crippen molar-refractivity contribution in [3.8, 4) is 0 Å². The van der Waals surface area contributed by atoms with Gasteiger partial charge in [-0.05, 0) is 18.6 Å². The fourth-order valence-corrected chi connectivity index (χ4v) is 2.35. The number of rotatable bonds is 6. The Balaban J connectivity index is 1.89. The molecule has 2 aromatic heterocycles. The zero-order valence-electron chi connectivity index (χ0n) is 13.1. The lowest BCUT2D eigenvalue weighted by Gasteiger charge is -2.13. The van der Waals surface area contributed by atoms with E-state index in [1.54, 1.807) is 6.20 Å². The van der Waals surface area contributed by atoms with Crippen molar-refractivity contribution in [2.75, 3.05) is 22.9 Å². The normalized spacial score (nSPS) is 10.7. The van der Waals surface area contributed by atoms with E-state index in [1.807, 2.05) is 30.3 Å². The number of fused-ring (bicyclic) bond motifs is 1. The van der Waals surface area contributed by atoms with Crippen LogP contribution in [0.4, 0.5) is 23.0 Å². The highest BCUT2D eigenvalue weighted by Gasteiger charge is 2.09. The van der Waals surface area contributed by atoms with Crippen LogP contribution >= 0.6 is 0 Å². The average Bonchev–Trinajstić information content (AvgIpc) is 2.58. The molecule has 0 aliphatic heterocycles. The van der Waals surface area contributed by atoms with Crippen molar-refractivity contribution in [3.05, 3.63) is 42.9 Å². The van der Waals surface area contributed by atoms with E-state index in [0.717, 1.165) is 36.0 Å². The van der Waals surface area contributed by atoms with E-state index >= 15 is 0 Å². The summed E-state index contributed by atoms with van der Waals surface area (Å²) < 4.78 is 0. The molecule has 0 amide bonds. The molecule has 1 aromatic carbocycles. The molecule has 0 fully saturated rings. The number of hydrogen-bond donors (Lipinski definition) is 3. The molecule has 0 unspecified atom stereocenters. The van der Waals surface area contributed by atoms with Gasteiger partial charge in [0.05, 0.1) is 11.2 Å². The standard InChI is InChI=1S/C17H20N6/c1-2-3-9-20-16-14(18)17(22-11-21-16)23-13-8-4-6-12-7-5-10-19-15(12)13/h4-8,10-11H,2-3,9,18H2,1H3,(H2,20,21,22,23). The molecule has 23 heavy (non-hydrogen) atoms. The summed E-state index contributed by atoms with van der Waals surface area (Å²) in [4.78, 5) is 12.9. The number of pyridine rings is 1. The van der Waals surface area contributed by atoms with E-state index in [4.69, 9.17) is 5.73 Å². The molecular weight excluding hydrogens is 288 g/mol. The number of nitrogens with two attached hydrogens (primary N) is 1. The summed E-state index contributed by atoms with van der Waals surface area (Å²) >= 11 is 0. The number of aromatic nitrogens is 3. The lowest BCUT2D eigenvalue weighted by molar-refractivity contribution is 0.831. The molecule has 6 nitrogen and oxygen atoms in total. The first-order valence-corrected chi connectivity index (χ1v) is 7.74. The Kier molecular flexibility index (Phi) is 4.52. The molecule has 2 heterocycles. The van der Waals surface area contributed by atoms with Gasteiger partial charge in [-0.25, -0.2) is 9.97 Å². The van der Waals surface area contributed by atoms with Crippen molar-refractivity contribution < 1.29 is 0 Å². The molecule has 0 aliphatic rings. The van der Waals surface area contributed by atoms with Crippen LogP contribution < -0.4 is 16.4 Å². The number of nitrogens with zero attached hydrogens (tertiary/aromatic N) is 3. The van der Waals surface area contributed by atoms with Gasteiger partial charge < -0.3 is 16.4 Å². The second-order valence-electron chi connectivity index (χ2n) is 5.27. The molecule has 118 valence electrons. The van der Waals surface area contributed by atoms with Crippen molar-refractivity contribution in [2.24, 2.45) is 0 Å². The first kappa shape index (κ1) is 15.0. The van der Waals surface area contributed by atoms with E-state index in [1.165, 1.54) is 6.33 Å². The minimum atomic E-state index is 0.511. The maximum absolute atomic E-state index is 6.19. The summed E-state index contributed by atoms with van der Waals surface area (Å²) in [7, 11) is 0. The van der Waals surface area contributed by atoms with Gasteiger partial charge in [0.25, 0.3) is 0 Å². The lowest BCUT2D eigenvalue weighted by atomic mass is 10.2. The number of unbranched alkanes of at least 4 members (excludes halogenated alkanes) is 1. The maximum Gasteiger partial charge on any atom is 0.159 e. The topological polar surface area (TPSA) is 88.8 Å². The predicted molar refractivity (Wildman–Crippen MR) is 94.9 cm³/mol. The smallest absolute Gasteiger partial charge is 0.159 e. The Labute approximate surface area is 135 Å². The van der Waals surface area contributed by atoms with E-state index in [9.17, 15) is 0 Å². The van der Waals surface area contributed by atoms with Crippen molar-refractivity contribution in [1.29, 1.82) is 0 Å². The summed E-state index contributed by atoms with van der Waals surface area (Å²) in [5.74, 6) is 1.24. The van der Waals surface area contributed by atoms with Crippen LogP contribution in [0.25, 0.3) is 10.9 Å². The van der Waals surface area contributed by atoms with Crippen LogP contribution in [0, 0.1) is 0 Å². The van der Waals surface area contributed by atoms with Crippen LogP contribution in [-0.2, 0) is 0 Å². The van der Waals surface area contributed by atoms with Gasteiger partial charge >= 0.3 is 0 Å². The largest absolute Gasteiger partial charge is 0.393 e. The van der Waals surface area contributed by atoms with E-state index in [0.29, 0.717) is 17.3 Å². The lowest BCUT2D eigenvalue weighted by Crippen LogP contribution is -2.09. The third-order valence-corrected chi connectivity index (χ3v) is 3.59. The second-order valence-corrected chi connectivity index (χ2v) is 5.27. The Morgan fingerprint density at radius 2 is 1.87 bits per heavy atom. The molecule has 0 saturated heterocycles. The van der Waals surface area contributed by atoms with Gasteiger partial charge in [-0.2, -0.15) is 0 Å². The number of hydrogen-bond acceptors (Lipinski definition) is 6. The molecule has 3 rings (SSSR count). The Bertz CT molecular complexity index is 797. The second kappa shape index (κ2) is 6.91. The molecule has 0 atom stereocenters. The number of para-hydroxylation sites is 1. The maximum atomic E-state index is 6.19. The third kappa shape index (κ3) is 3.31. The first-order chi connectivity index (χ1) is 11.3. The zero-order chi connectivity index (χ0) is 16.1. The summed E-state index contributed by atoms with van der Waals surface area (Å²) in [6.07, 6.45) is 5.46. The Morgan fingerprint density at radius 1 is 1.04 bits per heavy atom. The summed E-state index contributed by atoms with van der Waals surface area (Å²) in [6.45, 7) is 2.98. The highest BCUT2D eigenvalue weighted by molar-refractivity contribution is 5.93. The molecule has 4 N–H and O–H groups in total. The number of nitrogens with one attached hydrogen (secondary N) is 2. The summed E-state index contributed by atoms with van der Waals surface area (Å²) in [5.41, 5.74) is 8.45. The van der Waals surface area contributed by atoms with Gasteiger partial charge in [-0.15, -0.1) is 0 Å². The quantitative estimate of drug-likeness (QED) is 0.603. The first-order valence-electron chi connectivity index (χ1n) is 7.74. The van der Waals surface area contributed by atoms with Crippen molar-refractivity contribution in [1.82, 2.24) is 15.0 Å². The van der Waals surface area contributed by atoms with Crippen molar-refractivity contribution in [3.63, 3.8) is 0 Å². The van der Waals surface area contributed by atoms with Gasteiger partial charge in [0.2, 0.25) is 0 Å². The van der Waals surface area contributed by atoms with Crippen LogP contribution in [0.5, 0.6) is 0 Å². The Morgan fingerprint density at radius 3 is 2.74 bits per heavy atom. The minimum Gasteiger partial charge on any atom is -0.393 e. The highest BCUT2D eigenvalue weighted by Crippen LogP contribution is 2.28. The van der Waals surface area contributed by atoms with E-state index < -0.39 is 0 Å². The Hall–Kier alpha value is -2.89. The molecule has 0 aliphatic carbocycles. The third-order valence-electron chi connectivity index (χ3n) is 3.59. The summed E-state index contributed by atoms with van der Waals surface area (Å²) in [6, 6.07) is 9.90. The minimum absolute atomic E-state index is 0.511. The van der Waals surface area contributed by atoms with Gasteiger partial charge in [0.1, 0.15) is 12.0 Å². The van der Waals surface area contributed by atoms with Gasteiger partial charge in [-0.1, -0.05) is 31.5 Å². The number of nitrogen functional groups attached to an aromatic ring is 1. The molecule has 0 saturated carbocycles. The fourth-order valence-electron chi connectivity index (χ4n) is 2.35. The van der Waals surface area contributed by atoms with Gasteiger partial charge in [0, 0.05) is 18.1 Å². The SMILES string of the molecule is CCCCNc1ncnc(Nc2cccc3cccnc23)c1N. The average molecular weight is 308 g/mol. The van der Waals surface area contributed by atoms with Crippen molar-refractivity contribution >= 4 is 33.9 Å². The van der Waals surface area contributed by atoms with Crippen LogP contribution in [0.1, 0.15) is 19.8 Å². The zero-order valence-corrected chi connectivity index (χ0v) is 13.1. The predicted octanol–water partition coefficient (Wildman–Crippen LogP) is 3.56. The van der Waals surface area contributed by atoms with Crippen molar-refractivity contribution in [2.45, 2.75) is 19.8 Å². The molecule has 6 heteroatoms. The van der Waals surface area contributed by atoms with Crippen LogP contribution in [0.15, 0.2) is 42.9 Å². The highest BCUT2D eigenvalue weighted by atomic mass is 15.1. The van der Waals surface area contributed by atoms with Gasteiger partial charge in [-0.3, -0.25) is 4.98 Å². The van der Waals surface area contributed by atoms with Crippen LogP contribution in [0.3, 0.4) is 0 Å². The number of benzene rings is 1. The fraction of sp³-hybridized carbons (Fsp3) is 0.235. The van der Waals surface area contributed by atoms with Crippen LogP contribution in [-0.4, -0.2) is 21.5 Å². The molecule has 0 spiro atoms. The van der Waals surface area contributed by atoms with Crippen LogP contribution in [0.2, 0.25) is 0 Å². The molecular formula is C17H20N6. The molecule has 3 aromatic rings.